The number of carbonyl (C=O) groups is 1. The number of aryl methyl sites for hydroxylation is 1. The van der Waals surface area contributed by atoms with Crippen LogP contribution in [0.1, 0.15) is 49.0 Å². The van der Waals surface area contributed by atoms with Crippen LogP contribution < -0.4 is 11.3 Å². The largest absolute Gasteiger partial charge is 0.336 e. The normalized spacial score (nSPS) is 14.4. The number of rotatable bonds is 6. The minimum absolute atomic E-state index is 0.0982. The number of carbonyl (C=O) groups excluding carboxylic acids is 1. The first-order valence-electron chi connectivity index (χ1n) is 7.41. The van der Waals surface area contributed by atoms with Gasteiger partial charge in [0.2, 0.25) is 0 Å². The van der Waals surface area contributed by atoms with Crippen LogP contribution >= 0.6 is 0 Å². The summed E-state index contributed by atoms with van der Waals surface area (Å²) in [6.45, 7) is 7.20. The van der Waals surface area contributed by atoms with E-state index in [0.717, 1.165) is 31.4 Å². The molecule has 4 nitrogen and oxygen atoms in total. The van der Waals surface area contributed by atoms with Gasteiger partial charge < -0.3 is 10.3 Å². The fourth-order valence-electron chi connectivity index (χ4n) is 2.35. The molecule has 1 aromatic rings. The Hall–Kier alpha value is -1.55. The standard InChI is InChI=1S/C16H25N3O/c1-11(2)8-9-19(13-5-6-13)16(20)14-7-4-12(3)10-15(14)18-17/h4,7,10-11,13,18H,5-6,8-9,17H2,1-3H3. The van der Waals surface area contributed by atoms with E-state index >= 15 is 0 Å². The lowest BCUT2D eigenvalue weighted by molar-refractivity contribution is 0.0736. The smallest absolute Gasteiger partial charge is 0.256 e. The number of hydrogen-bond acceptors (Lipinski definition) is 3. The lowest BCUT2D eigenvalue weighted by Crippen LogP contribution is -2.35. The first kappa shape index (κ1) is 14.9. The van der Waals surface area contributed by atoms with Gasteiger partial charge >= 0.3 is 0 Å². The molecule has 1 saturated carbocycles. The average Bonchev–Trinajstić information content (AvgIpc) is 3.22. The third-order valence-electron chi connectivity index (χ3n) is 3.76. The van der Waals surface area contributed by atoms with Gasteiger partial charge in [-0.15, -0.1) is 0 Å². The van der Waals surface area contributed by atoms with Crippen LogP contribution in [0.15, 0.2) is 18.2 Å². The summed E-state index contributed by atoms with van der Waals surface area (Å²) in [4.78, 5) is 14.8. The Morgan fingerprint density at radius 2 is 2.15 bits per heavy atom. The molecule has 1 aliphatic rings. The van der Waals surface area contributed by atoms with Crippen molar-refractivity contribution >= 4 is 11.6 Å². The summed E-state index contributed by atoms with van der Waals surface area (Å²) < 4.78 is 0. The summed E-state index contributed by atoms with van der Waals surface area (Å²) >= 11 is 0. The summed E-state index contributed by atoms with van der Waals surface area (Å²) in [7, 11) is 0. The minimum atomic E-state index is 0.0982. The number of benzene rings is 1. The molecule has 0 radical (unpaired) electrons. The van der Waals surface area contributed by atoms with Gasteiger partial charge in [0.1, 0.15) is 0 Å². The molecular formula is C16H25N3O. The molecule has 0 heterocycles. The Morgan fingerprint density at radius 3 is 2.70 bits per heavy atom. The molecule has 0 saturated heterocycles. The van der Waals surface area contributed by atoms with Gasteiger partial charge in [0.15, 0.2) is 0 Å². The van der Waals surface area contributed by atoms with Gasteiger partial charge in [0.05, 0.1) is 11.3 Å². The quantitative estimate of drug-likeness (QED) is 0.620. The number of nitrogens with zero attached hydrogens (tertiary/aromatic N) is 1. The molecule has 1 amide bonds. The van der Waals surface area contributed by atoms with Crippen LogP contribution in [0.2, 0.25) is 0 Å². The van der Waals surface area contributed by atoms with Crippen molar-refractivity contribution in [3.05, 3.63) is 29.3 Å². The Labute approximate surface area is 121 Å². The van der Waals surface area contributed by atoms with Crippen molar-refractivity contribution in [1.82, 2.24) is 4.90 Å². The van der Waals surface area contributed by atoms with E-state index in [1.165, 1.54) is 0 Å². The van der Waals surface area contributed by atoms with Crippen molar-refractivity contribution in [3.63, 3.8) is 0 Å². The molecule has 0 spiro atoms. The highest BCUT2D eigenvalue weighted by Gasteiger charge is 2.33. The monoisotopic (exact) mass is 275 g/mol. The number of amides is 1. The lowest BCUT2D eigenvalue weighted by atomic mass is 10.1. The lowest BCUT2D eigenvalue weighted by Gasteiger charge is -2.24. The van der Waals surface area contributed by atoms with Crippen LogP contribution in [0, 0.1) is 12.8 Å². The molecule has 3 N–H and O–H groups in total. The molecule has 0 aromatic heterocycles. The van der Waals surface area contributed by atoms with Crippen molar-refractivity contribution in [2.45, 2.75) is 46.1 Å². The maximum absolute atomic E-state index is 12.8. The molecule has 0 unspecified atom stereocenters. The van der Waals surface area contributed by atoms with Crippen molar-refractivity contribution in [1.29, 1.82) is 0 Å². The van der Waals surface area contributed by atoms with Crippen LogP contribution in [-0.4, -0.2) is 23.4 Å². The average molecular weight is 275 g/mol. The predicted molar refractivity (Wildman–Crippen MR) is 82.5 cm³/mol. The Morgan fingerprint density at radius 1 is 1.45 bits per heavy atom. The summed E-state index contributed by atoms with van der Waals surface area (Å²) in [5.41, 5.74) is 5.13. The molecule has 2 rings (SSSR count). The van der Waals surface area contributed by atoms with Crippen molar-refractivity contribution < 1.29 is 4.79 Å². The molecule has 0 bridgehead atoms. The van der Waals surface area contributed by atoms with E-state index in [-0.39, 0.29) is 5.91 Å². The van der Waals surface area contributed by atoms with Crippen LogP contribution in [0.5, 0.6) is 0 Å². The summed E-state index contributed by atoms with van der Waals surface area (Å²) in [5.74, 6) is 6.25. The number of nitrogens with two attached hydrogens (primary N) is 1. The zero-order chi connectivity index (χ0) is 14.7. The van der Waals surface area contributed by atoms with E-state index in [2.05, 4.69) is 19.3 Å². The first-order valence-corrected chi connectivity index (χ1v) is 7.41. The van der Waals surface area contributed by atoms with E-state index in [9.17, 15) is 4.79 Å². The van der Waals surface area contributed by atoms with Crippen molar-refractivity contribution in [2.75, 3.05) is 12.0 Å². The maximum Gasteiger partial charge on any atom is 0.256 e. The van der Waals surface area contributed by atoms with Crippen LogP contribution in [-0.2, 0) is 0 Å². The Kier molecular flexibility index (Phi) is 4.65. The van der Waals surface area contributed by atoms with E-state index in [1.807, 2.05) is 30.0 Å². The third kappa shape index (κ3) is 3.51. The highest BCUT2D eigenvalue weighted by molar-refractivity contribution is 6.00. The fraction of sp³-hybridized carbons (Fsp3) is 0.562. The van der Waals surface area contributed by atoms with Gasteiger partial charge in [-0.1, -0.05) is 19.9 Å². The van der Waals surface area contributed by atoms with Gasteiger partial charge in [-0.2, -0.15) is 0 Å². The summed E-state index contributed by atoms with van der Waals surface area (Å²) in [6, 6.07) is 6.17. The van der Waals surface area contributed by atoms with Gasteiger partial charge in [-0.3, -0.25) is 10.6 Å². The SMILES string of the molecule is Cc1ccc(C(=O)N(CCC(C)C)C2CC2)c(NN)c1. The highest BCUT2D eigenvalue weighted by Crippen LogP contribution is 2.30. The van der Waals surface area contributed by atoms with Crippen molar-refractivity contribution in [3.8, 4) is 0 Å². The fourth-order valence-corrected chi connectivity index (χ4v) is 2.35. The second-order valence-electron chi connectivity index (χ2n) is 6.11. The summed E-state index contributed by atoms with van der Waals surface area (Å²) in [6.07, 6.45) is 3.29. The predicted octanol–water partition coefficient (Wildman–Crippen LogP) is 2.93. The molecular weight excluding hydrogens is 250 g/mol. The highest BCUT2D eigenvalue weighted by atomic mass is 16.2. The first-order chi connectivity index (χ1) is 9.52. The molecule has 1 aliphatic carbocycles. The Bertz CT molecular complexity index is 481. The molecule has 1 aromatic carbocycles. The van der Waals surface area contributed by atoms with E-state index < -0.39 is 0 Å². The second kappa shape index (κ2) is 6.27. The molecule has 4 heteroatoms. The Balaban J connectivity index is 2.18. The van der Waals surface area contributed by atoms with Crippen LogP contribution in [0.4, 0.5) is 5.69 Å². The number of hydrogen-bond donors (Lipinski definition) is 2. The van der Waals surface area contributed by atoms with E-state index in [1.54, 1.807) is 0 Å². The molecule has 20 heavy (non-hydrogen) atoms. The zero-order valence-corrected chi connectivity index (χ0v) is 12.6. The van der Waals surface area contributed by atoms with Gasteiger partial charge in [-0.05, 0) is 49.8 Å². The van der Waals surface area contributed by atoms with Crippen LogP contribution in [0.3, 0.4) is 0 Å². The zero-order valence-electron chi connectivity index (χ0n) is 12.6. The minimum Gasteiger partial charge on any atom is -0.336 e. The number of hydrazine groups is 1. The van der Waals surface area contributed by atoms with Gasteiger partial charge in [-0.25, -0.2) is 0 Å². The van der Waals surface area contributed by atoms with Crippen molar-refractivity contribution in [2.24, 2.45) is 11.8 Å². The number of nitrogens with one attached hydrogen (secondary N) is 1. The third-order valence-corrected chi connectivity index (χ3v) is 3.76. The van der Waals surface area contributed by atoms with Gasteiger partial charge in [0, 0.05) is 12.6 Å². The van der Waals surface area contributed by atoms with Gasteiger partial charge in [0.25, 0.3) is 5.91 Å². The number of anilines is 1. The van der Waals surface area contributed by atoms with Crippen LogP contribution in [0.25, 0.3) is 0 Å². The topological polar surface area (TPSA) is 58.4 Å². The van der Waals surface area contributed by atoms with E-state index in [0.29, 0.717) is 23.2 Å². The van der Waals surface area contributed by atoms with E-state index in [4.69, 9.17) is 5.84 Å². The molecule has 0 aliphatic heterocycles. The second-order valence-corrected chi connectivity index (χ2v) is 6.11. The maximum atomic E-state index is 12.8. The molecule has 1 fully saturated rings. The number of nitrogen functional groups attached to an aromatic ring is 1. The molecule has 0 atom stereocenters. The molecule has 110 valence electrons. The summed E-state index contributed by atoms with van der Waals surface area (Å²) in [5, 5.41) is 0.